The number of thiophene rings is 1. The first-order valence-corrected chi connectivity index (χ1v) is 10.4. The van der Waals surface area contributed by atoms with E-state index in [1.165, 1.54) is 11.3 Å². The van der Waals surface area contributed by atoms with Gasteiger partial charge >= 0.3 is 0 Å². The molecule has 0 aliphatic carbocycles. The number of benzene rings is 2. The molecule has 1 atom stereocenters. The van der Waals surface area contributed by atoms with Crippen molar-refractivity contribution in [2.75, 3.05) is 0 Å². The van der Waals surface area contributed by atoms with Crippen molar-refractivity contribution < 1.29 is 8.42 Å². The maximum absolute atomic E-state index is 12.8. The van der Waals surface area contributed by atoms with Gasteiger partial charge in [-0.15, -0.1) is 11.3 Å². The Balaban J connectivity index is 2.05. The van der Waals surface area contributed by atoms with Gasteiger partial charge in [0.15, 0.2) is 0 Å². The number of halogens is 1. The van der Waals surface area contributed by atoms with Crippen molar-refractivity contribution in [3.63, 3.8) is 0 Å². The summed E-state index contributed by atoms with van der Waals surface area (Å²) in [7, 11) is -3.61. The Bertz CT molecular complexity index is 936. The van der Waals surface area contributed by atoms with Crippen LogP contribution < -0.4 is 4.72 Å². The van der Waals surface area contributed by atoms with Crippen molar-refractivity contribution in [2.45, 2.75) is 17.2 Å². The first-order valence-electron chi connectivity index (χ1n) is 7.35. The molecule has 2 aromatic carbocycles. The van der Waals surface area contributed by atoms with Gasteiger partial charge in [-0.2, -0.15) is 4.72 Å². The number of hydrogen-bond donors (Lipinski definition) is 1. The summed E-state index contributed by atoms with van der Waals surface area (Å²) in [5, 5.41) is 0. The highest BCUT2D eigenvalue weighted by atomic mass is 79.9. The quantitative estimate of drug-likeness (QED) is 0.637. The van der Waals surface area contributed by atoms with Crippen LogP contribution in [0.5, 0.6) is 0 Å². The van der Waals surface area contributed by atoms with E-state index < -0.39 is 16.1 Å². The molecule has 0 saturated carbocycles. The molecular weight excluding hydrogens is 406 g/mol. The van der Waals surface area contributed by atoms with Crippen molar-refractivity contribution in [1.82, 2.24) is 4.72 Å². The minimum atomic E-state index is -3.61. The van der Waals surface area contributed by atoms with Crippen LogP contribution in [0.15, 0.2) is 74.7 Å². The predicted molar refractivity (Wildman–Crippen MR) is 102 cm³/mol. The van der Waals surface area contributed by atoms with Gasteiger partial charge in [0.1, 0.15) is 4.21 Å². The molecule has 3 aromatic rings. The second-order valence-corrected chi connectivity index (χ2v) is 9.78. The molecule has 3 rings (SSSR count). The standard InChI is InChI=1S/C18H16BrNO2S2/c1-13-7-5-6-10-15(13)18(14-8-3-2-4-9-14)20-24(21,22)17-12-11-16(19)23-17/h2-12,18,20H,1H3/t18-/m1/s1. The fourth-order valence-electron chi connectivity index (χ4n) is 2.52. The van der Waals surface area contributed by atoms with E-state index in [1.54, 1.807) is 12.1 Å². The van der Waals surface area contributed by atoms with Gasteiger partial charge in [0.2, 0.25) is 0 Å². The van der Waals surface area contributed by atoms with Gasteiger partial charge in [-0.05, 0) is 51.7 Å². The average molecular weight is 422 g/mol. The fourth-order valence-corrected chi connectivity index (χ4v) is 5.75. The largest absolute Gasteiger partial charge is 0.250 e. The van der Waals surface area contributed by atoms with E-state index in [2.05, 4.69) is 20.7 Å². The zero-order valence-electron chi connectivity index (χ0n) is 12.9. The Labute approximate surface area is 154 Å². The monoisotopic (exact) mass is 421 g/mol. The van der Waals surface area contributed by atoms with Crippen molar-refractivity contribution in [3.05, 3.63) is 87.2 Å². The summed E-state index contributed by atoms with van der Waals surface area (Å²) in [5.41, 5.74) is 2.90. The molecule has 0 saturated heterocycles. The van der Waals surface area contributed by atoms with Crippen LogP contribution >= 0.6 is 27.3 Å². The molecule has 24 heavy (non-hydrogen) atoms. The molecule has 0 unspecified atom stereocenters. The highest BCUT2D eigenvalue weighted by Crippen LogP contribution is 2.30. The van der Waals surface area contributed by atoms with Crippen LogP contribution in [0.25, 0.3) is 0 Å². The Kier molecular flexibility index (Phi) is 5.20. The van der Waals surface area contributed by atoms with E-state index in [-0.39, 0.29) is 0 Å². The van der Waals surface area contributed by atoms with E-state index in [4.69, 9.17) is 0 Å². The van der Waals surface area contributed by atoms with Gasteiger partial charge in [0.25, 0.3) is 10.0 Å². The highest BCUT2D eigenvalue weighted by Gasteiger charge is 2.25. The molecule has 1 aromatic heterocycles. The van der Waals surface area contributed by atoms with Gasteiger partial charge in [-0.1, -0.05) is 54.6 Å². The van der Waals surface area contributed by atoms with Crippen LogP contribution in [0.2, 0.25) is 0 Å². The van der Waals surface area contributed by atoms with Crippen LogP contribution in [-0.4, -0.2) is 8.42 Å². The molecule has 124 valence electrons. The number of rotatable bonds is 5. The Morgan fingerprint density at radius 2 is 1.62 bits per heavy atom. The smallest absolute Gasteiger partial charge is 0.206 e. The number of nitrogens with one attached hydrogen (secondary N) is 1. The van der Waals surface area contributed by atoms with E-state index in [0.717, 1.165) is 20.5 Å². The Morgan fingerprint density at radius 3 is 2.25 bits per heavy atom. The molecule has 0 aliphatic rings. The van der Waals surface area contributed by atoms with Crippen LogP contribution in [0, 0.1) is 6.92 Å². The lowest BCUT2D eigenvalue weighted by Crippen LogP contribution is -2.29. The van der Waals surface area contributed by atoms with E-state index in [1.807, 2.05) is 61.5 Å². The molecule has 1 heterocycles. The molecule has 6 heteroatoms. The molecule has 0 radical (unpaired) electrons. The molecule has 0 bridgehead atoms. The zero-order valence-corrected chi connectivity index (χ0v) is 16.2. The minimum absolute atomic E-state index is 0.295. The van der Waals surface area contributed by atoms with Crippen molar-refractivity contribution in [1.29, 1.82) is 0 Å². The SMILES string of the molecule is Cc1ccccc1[C@H](NS(=O)(=O)c1ccc(Br)s1)c1ccccc1. The van der Waals surface area contributed by atoms with Gasteiger partial charge < -0.3 is 0 Å². The highest BCUT2D eigenvalue weighted by molar-refractivity contribution is 9.11. The lowest BCUT2D eigenvalue weighted by atomic mass is 9.96. The first-order chi connectivity index (χ1) is 11.5. The second kappa shape index (κ2) is 7.19. The third kappa shape index (κ3) is 3.78. The van der Waals surface area contributed by atoms with E-state index in [9.17, 15) is 8.42 Å². The van der Waals surface area contributed by atoms with Gasteiger partial charge in [-0.25, -0.2) is 8.42 Å². The normalized spacial score (nSPS) is 12.9. The summed E-state index contributed by atoms with van der Waals surface area (Å²) >= 11 is 4.52. The average Bonchev–Trinajstić information content (AvgIpc) is 3.02. The lowest BCUT2D eigenvalue weighted by Gasteiger charge is -2.21. The summed E-state index contributed by atoms with van der Waals surface area (Å²) in [6.45, 7) is 1.99. The number of aryl methyl sites for hydroxylation is 1. The third-order valence-electron chi connectivity index (χ3n) is 3.72. The minimum Gasteiger partial charge on any atom is -0.206 e. The van der Waals surface area contributed by atoms with Crippen molar-refractivity contribution in [2.24, 2.45) is 0 Å². The van der Waals surface area contributed by atoms with Crippen LogP contribution in [-0.2, 0) is 10.0 Å². The second-order valence-electron chi connectivity index (χ2n) is 5.38. The Hall–Kier alpha value is -1.47. The summed E-state index contributed by atoms with van der Waals surface area (Å²) in [6, 6.07) is 20.4. The van der Waals surface area contributed by atoms with Gasteiger partial charge in [0.05, 0.1) is 9.83 Å². The molecule has 3 nitrogen and oxygen atoms in total. The van der Waals surface area contributed by atoms with Gasteiger partial charge in [-0.3, -0.25) is 0 Å². The molecule has 0 amide bonds. The summed E-state index contributed by atoms with van der Waals surface area (Å²) < 4.78 is 29.5. The van der Waals surface area contributed by atoms with Crippen LogP contribution in [0.3, 0.4) is 0 Å². The van der Waals surface area contributed by atoms with Crippen LogP contribution in [0.1, 0.15) is 22.7 Å². The first kappa shape index (κ1) is 17.4. The van der Waals surface area contributed by atoms with Crippen LogP contribution in [0.4, 0.5) is 0 Å². The molecule has 0 aliphatic heterocycles. The maximum Gasteiger partial charge on any atom is 0.250 e. The fraction of sp³-hybridized carbons (Fsp3) is 0.111. The number of sulfonamides is 1. The summed E-state index contributed by atoms with van der Waals surface area (Å²) in [4.78, 5) is 0. The zero-order chi connectivity index (χ0) is 17.2. The predicted octanol–water partition coefficient (Wildman–Crippen LogP) is 4.89. The Morgan fingerprint density at radius 1 is 0.958 bits per heavy atom. The van der Waals surface area contributed by atoms with Crippen molar-refractivity contribution >= 4 is 37.3 Å². The topological polar surface area (TPSA) is 46.2 Å². The third-order valence-corrected chi connectivity index (χ3v) is 7.26. The molecule has 1 N–H and O–H groups in total. The van der Waals surface area contributed by atoms with Gasteiger partial charge in [0, 0.05) is 0 Å². The lowest BCUT2D eigenvalue weighted by molar-refractivity contribution is 0.574. The summed E-state index contributed by atoms with van der Waals surface area (Å²) in [5.74, 6) is 0. The van der Waals surface area contributed by atoms with Crippen molar-refractivity contribution in [3.8, 4) is 0 Å². The number of hydrogen-bond acceptors (Lipinski definition) is 3. The molecule has 0 fully saturated rings. The van der Waals surface area contributed by atoms with E-state index in [0.29, 0.717) is 4.21 Å². The summed E-state index contributed by atoms with van der Waals surface area (Å²) in [6.07, 6.45) is 0. The van der Waals surface area contributed by atoms with E-state index >= 15 is 0 Å². The molecular formula is C18H16BrNO2S2. The maximum atomic E-state index is 12.8. The molecule has 0 spiro atoms.